The first-order valence-corrected chi connectivity index (χ1v) is 6.60. The van der Waals surface area contributed by atoms with E-state index in [-0.39, 0.29) is 5.91 Å². The molecule has 0 spiro atoms. The van der Waals surface area contributed by atoms with Gasteiger partial charge in [0.2, 0.25) is 5.91 Å². The fourth-order valence-electron chi connectivity index (χ4n) is 1.95. The zero-order valence-corrected chi connectivity index (χ0v) is 11.3. The van der Waals surface area contributed by atoms with E-state index in [4.69, 9.17) is 0 Å². The number of likely N-dealkylation sites (tertiary alicyclic amines) is 1. The van der Waals surface area contributed by atoms with E-state index in [0.717, 1.165) is 38.9 Å². The summed E-state index contributed by atoms with van der Waals surface area (Å²) in [6, 6.07) is 0. The highest BCUT2D eigenvalue weighted by Crippen LogP contribution is 2.20. The van der Waals surface area contributed by atoms with Crippen molar-refractivity contribution in [2.24, 2.45) is 5.92 Å². The van der Waals surface area contributed by atoms with Crippen molar-refractivity contribution in [1.29, 1.82) is 0 Å². The van der Waals surface area contributed by atoms with Gasteiger partial charge in [0.1, 0.15) is 0 Å². The second-order valence-electron chi connectivity index (χ2n) is 5.81. The maximum absolute atomic E-state index is 11.6. The fraction of sp³-hybridized carbons (Fsp3) is 0.923. The number of amides is 1. The molecule has 1 saturated heterocycles. The van der Waals surface area contributed by atoms with E-state index < -0.39 is 5.60 Å². The van der Waals surface area contributed by atoms with Crippen LogP contribution in [-0.4, -0.2) is 47.7 Å². The number of piperidine rings is 1. The lowest BCUT2D eigenvalue weighted by Gasteiger charge is -2.35. The number of nitrogens with one attached hydrogen (secondary N) is 1. The first kappa shape index (κ1) is 14.5. The number of hydrogen-bond donors (Lipinski definition) is 2. The molecule has 4 nitrogen and oxygen atoms in total. The van der Waals surface area contributed by atoms with Crippen LogP contribution in [0.25, 0.3) is 0 Å². The maximum atomic E-state index is 11.6. The van der Waals surface area contributed by atoms with Crippen molar-refractivity contribution in [3.8, 4) is 0 Å². The number of carbonyl (C=O) groups is 1. The average molecular weight is 242 g/mol. The molecule has 1 heterocycles. The summed E-state index contributed by atoms with van der Waals surface area (Å²) < 4.78 is 0. The van der Waals surface area contributed by atoms with Gasteiger partial charge in [-0.2, -0.15) is 0 Å². The van der Waals surface area contributed by atoms with Crippen molar-refractivity contribution >= 4 is 5.91 Å². The van der Waals surface area contributed by atoms with Crippen LogP contribution in [0.15, 0.2) is 0 Å². The Morgan fingerprint density at radius 1 is 1.41 bits per heavy atom. The molecule has 0 saturated carbocycles. The van der Waals surface area contributed by atoms with Crippen molar-refractivity contribution in [2.75, 3.05) is 26.2 Å². The van der Waals surface area contributed by atoms with E-state index in [0.29, 0.717) is 12.5 Å². The Morgan fingerprint density at radius 3 is 2.53 bits per heavy atom. The van der Waals surface area contributed by atoms with Gasteiger partial charge in [-0.25, -0.2) is 0 Å². The predicted octanol–water partition coefficient (Wildman–Crippen LogP) is 0.995. The van der Waals surface area contributed by atoms with E-state index in [1.807, 2.05) is 6.92 Å². The summed E-state index contributed by atoms with van der Waals surface area (Å²) in [6.45, 7) is 9.02. The van der Waals surface area contributed by atoms with E-state index in [2.05, 4.69) is 24.1 Å². The molecule has 0 bridgehead atoms. The minimum Gasteiger partial charge on any atom is -0.390 e. The van der Waals surface area contributed by atoms with E-state index in [1.165, 1.54) is 0 Å². The highest BCUT2D eigenvalue weighted by Gasteiger charge is 2.27. The lowest BCUT2D eigenvalue weighted by atomic mass is 9.94. The molecule has 0 aliphatic carbocycles. The second kappa shape index (κ2) is 6.36. The van der Waals surface area contributed by atoms with E-state index >= 15 is 0 Å². The van der Waals surface area contributed by atoms with Gasteiger partial charge in [0, 0.05) is 19.6 Å². The Morgan fingerprint density at radius 2 is 2.00 bits per heavy atom. The molecule has 4 heteroatoms. The van der Waals surface area contributed by atoms with E-state index in [1.54, 1.807) is 0 Å². The number of nitrogens with zero attached hydrogens (tertiary/aromatic N) is 1. The van der Waals surface area contributed by atoms with Gasteiger partial charge < -0.3 is 10.4 Å². The SMILES string of the molecule is CC(C)CCNC(=O)CN1CCC(C)(O)CC1. The predicted molar refractivity (Wildman–Crippen MR) is 68.8 cm³/mol. The number of aliphatic hydroxyl groups is 1. The van der Waals surface area contributed by atoms with Crippen LogP contribution in [0.4, 0.5) is 0 Å². The van der Waals surface area contributed by atoms with Crippen molar-refractivity contribution in [3.05, 3.63) is 0 Å². The molecule has 1 aliphatic heterocycles. The number of hydrogen-bond acceptors (Lipinski definition) is 3. The molecule has 1 aliphatic rings. The Hall–Kier alpha value is -0.610. The molecular formula is C13H26N2O2. The van der Waals surface area contributed by atoms with Gasteiger partial charge in [0.15, 0.2) is 0 Å². The molecule has 0 unspecified atom stereocenters. The Balaban J connectivity index is 2.15. The molecule has 1 amide bonds. The normalized spacial score (nSPS) is 20.5. The first-order chi connectivity index (χ1) is 7.89. The Kier molecular flexibility index (Phi) is 5.40. The summed E-state index contributed by atoms with van der Waals surface area (Å²) in [7, 11) is 0. The second-order valence-corrected chi connectivity index (χ2v) is 5.81. The van der Waals surface area contributed by atoms with Gasteiger partial charge in [0.05, 0.1) is 12.1 Å². The summed E-state index contributed by atoms with van der Waals surface area (Å²) in [6.07, 6.45) is 2.54. The minimum absolute atomic E-state index is 0.104. The summed E-state index contributed by atoms with van der Waals surface area (Å²) in [5, 5.41) is 12.7. The van der Waals surface area contributed by atoms with Crippen LogP contribution in [0.3, 0.4) is 0 Å². The third-order valence-electron chi connectivity index (χ3n) is 3.34. The van der Waals surface area contributed by atoms with Crippen molar-refractivity contribution < 1.29 is 9.90 Å². The fourth-order valence-corrected chi connectivity index (χ4v) is 1.95. The van der Waals surface area contributed by atoms with Crippen LogP contribution in [-0.2, 0) is 4.79 Å². The van der Waals surface area contributed by atoms with Crippen LogP contribution in [0.1, 0.15) is 40.0 Å². The zero-order chi connectivity index (χ0) is 12.9. The van der Waals surface area contributed by atoms with Gasteiger partial charge in [-0.05, 0) is 32.1 Å². The van der Waals surface area contributed by atoms with Crippen LogP contribution >= 0.6 is 0 Å². The monoisotopic (exact) mass is 242 g/mol. The molecule has 0 aromatic heterocycles. The van der Waals surface area contributed by atoms with Gasteiger partial charge >= 0.3 is 0 Å². The molecule has 0 atom stereocenters. The molecule has 2 N–H and O–H groups in total. The molecule has 1 fully saturated rings. The van der Waals surface area contributed by atoms with Gasteiger partial charge in [0.25, 0.3) is 0 Å². The largest absolute Gasteiger partial charge is 0.390 e. The Labute approximate surface area is 104 Å². The highest BCUT2D eigenvalue weighted by atomic mass is 16.3. The molecule has 17 heavy (non-hydrogen) atoms. The lowest BCUT2D eigenvalue weighted by Crippen LogP contribution is -2.46. The average Bonchev–Trinajstić information content (AvgIpc) is 2.21. The van der Waals surface area contributed by atoms with Crippen LogP contribution in [0.5, 0.6) is 0 Å². The molecule has 0 aromatic carbocycles. The van der Waals surface area contributed by atoms with Crippen molar-refractivity contribution in [3.63, 3.8) is 0 Å². The topological polar surface area (TPSA) is 52.6 Å². The molecule has 1 rings (SSSR count). The minimum atomic E-state index is -0.537. The summed E-state index contributed by atoms with van der Waals surface area (Å²) in [4.78, 5) is 13.8. The van der Waals surface area contributed by atoms with Crippen molar-refractivity contribution in [1.82, 2.24) is 10.2 Å². The zero-order valence-electron chi connectivity index (χ0n) is 11.3. The van der Waals surface area contributed by atoms with Crippen LogP contribution in [0, 0.1) is 5.92 Å². The third kappa shape index (κ3) is 6.03. The van der Waals surface area contributed by atoms with Gasteiger partial charge in [-0.3, -0.25) is 9.69 Å². The molecule has 0 radical (unpaired) electrons. The standard InChI is InChI=1S/C13H26N2O2/c1-11(2)4-7-14-12(16)10-15-8-5-13(3,17)6-9-15/h11,17H,4-10H2,1-3H3,(H,14,16). The lowest BCUT2D eigenvalue weighted by molar-refractivity contribution is -0.123. The van der Waals surface area contributed by atoms with Crippen molar-refractivity contribution in [2.45, 2.75) is 45.6 Å². The van der Waals surface area contributed by atoms with Gasteiger partial charge in [-0.15, -0.1) is 0 Å². The van der Waals surface area contributed by atoms with Gasteiger partial charge in [-0.1, -0.05) is 13.8 Å². The molecular weight excluding hydrogens is 216 g/mol. The molecule has 0 aromatic rings. The molecule has 100 valence electrons. The smallest absolute Gasteiger partial charge is 0.234 e. The number of rotatable bonds is 5. The van der Waals surface area contributed by atoms with Crippen LogP contribution < -0.4 is 5.32 Å². The summed E-state index contributed by atoms with van der Waals surface area (Å²) in [5.41, 5.74) is -0.537. The van der Waals surface area contributed by atoms with E-state index in [9.17, 15) is 9.90 Å². The summed E-state index contributed by atoms with van der Waals surface area (Å²) >= 11 is 0. The number of carbonyl (C=O) groups excluding carboxylic acids is 1. The maximum Gasteiger partial charge on any atom is 0.234 e. The third-order valence-corrected chi connectivity index (χ3v) is 3.34. The summed E-state index contributed by atoms with van der Waals surface area (Å²) in [5.74, 6) is 0.729. The highest BCUT2D eigenvalue weighted by molar-refractivity contribution is 5.77. The first-order valence-electron chi connectivity index (χ1n) is 6.60. The quantitative estimate of drug-likeness (QED) is 0.756. The van der Waals surface area contributed by atoms with Crippen LogP contribution in [0.2, 0.25) is 0 Å². The Bertz CT molecular complexity index is 242.